The molecule has 0 radical (unpaired) electrons. The summed E-state index contributed by atoms with van der Waals surface area (Å²) in [6.07, 6.45) is 0.676. The highest BCUT2D eigenvalue weighted by Gasteiger charge is 2.06. The van der Waals surface area contributed by atoms with Crippen LogP contribution >= 0.6 is 0 Å². The van der Waals surface area contributed by atoms with Gasteiger partial charge in [-0.1, -0.05) is 30.3 Å². The molecular formula is C18H15FN6. The molecule has 0 aliphatic heterocycles. The van der Waals surface area contributed by atoms with E-state index in [0.29, 0.717) is 24.9 Å². The van der Waals surface area contributed by atoms with Crippen molar-refractivity contribution in [1.29, 1.82) is 5.26 Å². The van der Waals surface area contributed by atoms with Crippen molar-refractivity contribution in [2.45, 2.75) is 6.42 Å². The molecule has 0 saturated carbocycles. The number of nitriles is 1. The fourth-order valence-electron chi connectivity index (χ4n) is 2.18. The Kier molecular flexibility index (Phi) is 5.12. The SMILES string of the molecule is N#Cc1nc(NCCc2ccc(F)cc2)nc(Nc2ccccc2)n1. The molecule has 3 rings (SSSR count). The van der Waals surface area contributed by atoms with Gasteiger partial charge in [-0.3, -0.25) is 0 Å². The summed E-state index contributed by atoms with van der Waals surface area (Å²) in [7, 11) is 0. The zero-order valence-electron chi connectivity index (χ0n) is 13.3. The number of halogens is 1. The maximum absolute atomic E-state index is 12.9. The summed E-state index contributed by atoms with van der Waals surface area (Å²) in [4.78, 5) is 12.4. The van der Waals surface area contributed by atoms with E-state index in [0.717, 1.165) is 11.3 Å². The van der Waals surface area contributed by atoms with Crippen LogP contribution in [-0.4, -0.2) is 21.5 Å². The van der Waals surface area contributed by atoms with Gasteiger partial charge in [0.25, 0.3) is 0 Å². The summed E-state index contributed by atoms with van der Waals surface area (Å²) < 4.78 is 12.9. The normalized spacial score (nSPS) is 10.1. The molecule has 0 amide bonds. The fraction of sp³-hybridized carbons (Fsp3) is 0.111. The summed E-state index contributed by atoms with van der Waals surface area (Å²) in [6, 6.07) is 17.7. The summed E-state index contributed by atoms with van der Waals surface area (Å²) in [5.74, 6) is 0.372. The second-order valence-corrected chi connectivity index (χ2v) is 5.21. The van der Waals surface area contributed by atoms with Crippen LogP contribution in [0.3, 0.4) is 0 Å². The van der Waals surface area contributed by atoms with Gasteiger partial charge in [0.2, 0.25) is 17.7 Å². The Balaban J connectivity index is 1.67. The zero-order chi connectivity index (χ0) is 17.5. The largest absolute Gasteiger partial charge is 0.354 e. The van der Waals surface area contributed by atoms with E-state index in [1.54, 1.807) is 12.1 Å². The molecule has 0 unspecified atom stereocenters. The third-order valence-electron chi connectivity index (χ3n) is 3.38. The van der Waals surface area contributed by atoms with Crippen molar-refractivity contribution in [2.75, 3.05) is 17.2 Å². The molecule has 6 nitrogen and oxygen atoms in total. The van der Waals surface area contributed by atoms with E-state index < -0.39 is 0 Å². The van der Waals surface area contributed by atoms with Crippen LogP contribution in [0.25, 0.3) is 0 Å². The quantitative estimate of drug-likeness (QED) is 0.719. The Morgan fingerprint density at radius 3 is 2.36 bits per heavy atom. The molecule has 0 aliphatic rings. The van der Waals surface area contributed by atoms with Gasteiger partial charge in [-0.2, -0.15) is 20.2 Å². The van der Waals surface area contributed by atoms with E-state index in [4.69, 9.17) is 5.26 Å². The molecule has 0 aliphatic carbocycles. The van der Waals surface area contributed by atoms with E-state index in [-0.39, 0.29) is 11.6 Å². The van der Waals surface area contributed by atoms with Crippen molar-refractivity contribution in [3.05, 3.63) is 71.8 Å². The number of hydrogen-bond donors (Lipinski definition) is 2. The summed E-state index contributed by atoms with van der Waals surface area (Å²) >= 11 is 0. The van der Waals surface area contributed by atoms with Crippen molar-refractivity contribution >= 4 is 17.6 Å². The van der Waals surface area contributed by atoms with Crippen LogP contribution in [0.4, 0.5) is 22.0 Å². The Hall–Kier alpha value is -3.53. The van der Waals surface area contributed by atoms with Gasteiger partial charge < -0.3 is 10.6 Å². The third-order valence-corrected chi connectivity index (χ3v) is 3.38. The average Bonchev–Trinajstić information content (AvgIpc) is 2.64. The standard InChI is InChI=1S/C18H15FN6/c19-14-8-6-13(7-9-14)10-11-21-17-23-16(12-20)24-18(25-17)22-15-4-2-1-3-5-15/h1-9H,10-11H2,(H2,21,22,23,24,25). The molecule has 0 saturated heterocycles. The predicted octanol–water partition coefficient (Wildman–Crippen LogP) is 3.28. The van der Waals surface area contributed by atoms with Gasteiger partial charge in [0.05, 0.1) is 0 Å². The minimum atomic E-state index is -0.260. The Morgan fingerprint density at radius 1 is 0.920 bits per heavy atom. The highest BCUT2D eigenvalue weighted by Crippen LogP contribution is 2.13. The van der Waals surface area contributed by atoms with Gasteiger partial charge in [-0.05, 0) is 36.2 Å². The lowest BCUT2D eigenvalue weighted by molar-refractivity contribution is 0.627. The first-order valence-corrected chi connectivity index (χ1v) is 7.69. The number of anilines is 3. The lowest BCUT2D eigenvalue weighted by atomic mass is 10.1. The zero-order valence-corrected chi connectivity index (χ0v) is 13.3. The van der Waals surface area contributed by atoms with Gasteiger partial charge in [-0.25, -0.2) is 4.39 Å². The highest BCUT2D eigenvalue weighted by molar-refractivity contribution is 5.54. The molecule has 2 N–H and O–H groups in total. The lowest BCUT2D eigenvalue weighted by Gasteiger charge is -2.08. The van der Waals surface area contributed by atoms with E-state index in [1.807, 2.05) is 36.4 Å². The molecule has 0 spiro atoms. The van der Waals surface area contributed by atoms with E-state index in [9.17, 15) is 4.39 Å². The first-order chi connectivity index (χ1) is 12.2. The highest BCUT2D eigenvalue weighted by atomic mass is 19.1. The lowest BCUT2D eigenvalue weighted by Crippen LogP contribution is -2.11. The molecule has 0 atom stereocenters. The van der Waals surface area contributed by atoms with Crippen molar-refractivity contribution in [2.24, 2.45) is 0 Å². The number of benzene rings is 2. The average molecular weight is 334 g/mol. The van der Waals surface area contributed by atoms with Crippen molar-refractivity contribution in [3.63, 3.8) is 0 Å². The molecule has 25 heavy (non-hydrogen) atoms. The number of hydrogen-bond acceptors (Lipinski definition) is 6. The van der Waals surface area contributed by atoms with Gasteiger partial charge in [0.1, 0.15) is 11.9 Å². The molecule has 124 valence electrons. The number of aromatic nitrogens is 3. The molecule has 1 aromatic heterocycles. The molecule has 1 heterocycles. The van der Waals surface area contributed by atoms with Crippen molar-refractivity contribution in [3.8, 4) is 6.07 Å². The van der Waals surface area contributed by atoms with E-state index >= 15 is 0 Å². The molecule has 0 bridgehead atoms. The molecule has 0 fully saturated rings. The van der Waals surface area contributed by atoms with Gasteiger partial charge >= 0.3 is 0 Å². The van der Waals surface area contributed by atoms with Crippen LogP contribution in [0.2, 0.25) is 0 Å². The predicted molar refractivity (Wildman–Crippen MR) is 92.9 cm³/mol. The minimum absolute atomic E-state index is 0.0257. The van der Waals surface area contributed by atoms with Crippen LogP contribution in [0.5, 0.6) is 0 Å². The third kappa shape index (κ3) is 4.72. The Morgan fingerprint density at radius 2 is 1.64 bits per heavy atom. The second kappa shape index (κ2) is 7.84. The fourth-order valence-corrected chi connectivity index (χ4v) is 2.18. The minimum Gasteiger partial charge on any atom is -0.354 e. The van der Waals surface area contributed by atoms with E-state index in [1.165, 1.54) is 12.1 Å². The van der Waals surface area contributed by atoms with Crippen LogP contribution < -0.4 is 10.6 Å². The summed E-state index contributed by atoms with van der Waals surface area (Å²) in [5.41, 5.74) is 1.81. The number of rotatable bonds is 6. The summed E-state index contributed by atoms with van der Waals surface area (Å²) in [5, 5.41) is 15.2. The van der Waals surface area contributed by atoms with E-state index in [2.05, 4.69) is 25.6 Å². The van der Waals surface area contributed by atoms with Crippen LogP contribution in [0.15, 0.2) is 54.6 Å². The maximum Gasteiger partial charge on any atom is 0.238 e. The first-order valence-electron chi connectivity index (χ1n) is 7.69. The topological polar surface area (TPSA) is 86.5 Å². The smallest absolute Gasteiger partial charge is 0.238 e. The number of para-hydroxylation sites is 1. The Labute approximate surface area is 144 Å². The Bertz CT molecular complexity index is 874. The molecule has 2 aromatic carbocycles. The van der Waals surface area contributed by atoms with Crippen molar-refractivity contribution in [1.82, 2.24) is 15.0 Å². The monoisotopic (exact) mass is 334 g/mol. The number of nitrogens with one attached hydrogen (secondary N) is 2. The van der Waals surface area contributed by atoms with Gasteiger partial charge in [0, 0.05) is 12.2 Å². The second-order valence-electron chi connectivity index (χ2n) is 5.21. The van der Waals surface area contributed by atoms with Crippen LogP contribution in [0.1, 0.15) is 11.4 Å². The van der Waals surface area contributed by atoms with Crippen LogP contribution in [0, 0.1) is 17.1 Å². The molecule has 7 heteroatoms. The molecular weight excluding hydrogens is 319 g/mol. The van der Waals surface area contributed by atoms with Crippen molar-refractivity contribution < 1.29 is 4.39 Å². The molecule has 3 aromatic rings. The number of nitrogens with zero attached hydrogens (tertiary/aromatic N) is 4. The van der Waals surface area contributed by atoms with Gasteiger partial charge in [0.15, 0.2) is 0 Å². The van der Waals surface area contributed by atoms with Crippen LogP contribution in [-0.2, 0) is 6.42 Å². The summed E-state index contributed by atoms with van der Waals surface area (Å²) in [6.45, 7) is 0.547. The first kappa shape index (κ1) is 16.3. The maximum atomic E-state index is 12.9. The van der Waals surface area contributed by atoms with Gasteiger partial charge in [-0.15, -0.1) is 0 Å².